The van der Waals surface area contributed by atoms with Crippen LogP contribution in [0.5, 0.6) is 0 Å². The van der Waals surface area contributed by atoms with E-state index in [4.69, 9.17) is 9.15 Å². The Balaban J connectivity index is 1.74. The first-order chi connectivity index (χ1) is 12.2. The van der Waals surface area contributed by atoms with E-state index in [9.17, 15) is 9.59 Å². The number of carbonyl (C=O) groups excluding carboxylic acids is 2. The van der Waals surface area contributed by atoms with Crippen LogP contribution in [0.2, 0.25) is 0 Å². The number of likely N-dealkylation sites (tertiary alicyclic amines) is 1. The van der Waals surface area contributed by atoms with Crippen molar-refractivity contribution in [3.63, 3.8) is 0 Å². The van der Waals surface area contributed by atoms with Crippen molar-refractivity contribution >= 4 is 18.0 Å². The number of ether oxygens (including phenoxy) is 1. The van der Waals surface area contributed by atoms with Crippen molar-refractivity contribution in [3.8, 4) is 0 Å². The molecule has 1 amide bonds. The van der Waals surface area contributed by atoms with Gasteiger partial charge in [-0.1, -0.05) is 30.3 Å². The lowest BCUT2D eigenvalue weighted by molar-refractivity contribution is -0.157. The zero-order valence-corrected chi connectivity index (χ0v) is 14.0. The van der Waals surface area contributed by atoms with Crippen molar-refractivity contribution in [1.82, 2.24) is 4.90 Å². The number of nitrogens with zero attached hydrogens (tertiary/aromatic N) is 1. The third-order valence-corrected chi connectivity index (χ3v) is 4.16. The van der Waals surface area contributed by atoms with Crippen LogP contribution >= 0.6 is 0 Å². The van der Waals surface area contributed by atoms with E-state index in [2.05, 4.69) is 0 Å². The molecule has 25 heavy (non-hydrogen) atoms. The zero-order chi connectivity index (χ0) is 17.5. The van der Waals surface area contributed by atoms with Gasteiger partial charge in [-0.15, -0.1) is 0 Å². The fraction of sp³-hybridized carbons (Fsp3) is 0.300. The maximum atomic E-state index is 12.9. The van der Waals surface area contributed by atoms with Gasteiger partial charge in [0.05, 0.1) is 6.26 Å². The number of carbonyl (C=O) groups is 2. The predicted octanol–water partition coefficient (Wildman–Crippen LogP) is 3.59. The molecule has 1 aliphatic rings. The third-order valence-electron chi connectivity index (χ3n) is 4.16. The molecule has 5 nitrogen and oxygen atoms in total. The Morgan fingerprint density at radius 3 is 2.48 bits per heavy atom. The summed E-state index contributed by atoms with van der Waals surface area (Å²) in [6.45, 7) is 1.42. The van der Waals surface area contributed by atoms with Crippen LogP contribution in [-0.4, -0.2) is 29.9 Å². The quantitative estimate of drug-likeness (QED) is 0.617. The van der Waals surface area contributed by atoms with E-state index >= 15 is 0 Å². The lowest BCUT2D eigenvalue weighted by atomic mass is 10.1. The van der Waals surface area contributed by atoms with E-state index in [-0.39, 0.29) is 5.91 Å². The molecular weight excluding hydrogens is 318 g/mol. The summed E-state index contributed by atoms with van der Waals surface area (Å²) in [7, 11) is 0. The number of hydrogen-bond acceptors (Lipinski definition) is 4. The van der Waals surface area contributed by atoms with Crippen molar-refractivity contribution < 1.29 is 18.7 Å². The minimum Gasteiger partial charge on any atom is -0.465 e. The van der Waals surface area contributed by atoms with Gasteiger partial charge in [-0.05, 0) is 37.5 Å². The Bertz CT molecular complexity index is 715. The second-order valence-corrected chi connectivity index (χ2v) is 5.96. The van der Waals surface area contributed by atoms with Crippen LogP contribution in [0.15, 0.2) is 59.2 Å². The van der Waals surface area contributed by atoms with Gasteiger partial charge in [0.15, 0.2) is 0 Å². The number of hydrogen-bond donors (Lipinski definition) is 0. The van der Waals surface area contributed by atoms with E-state index in [0.29, 0.717) is 24.4 Å². The van der Waals surface area contributed by atoms with E-state index in [0.717, 1.165) is 19.3 Å². The summed E-state index contributed by atoms with van der Waals surface area (Å²) in [4.78, 5) is 26.8. The van der Waals surface area contributed by atoms with Crippen LogP contribution in [0.1, 0.15) is 36.7 Å². The Kier molecular flexibility index (Phi) is 5.67. The van der Waals surface area contributed by atoms with E-state index in [1.807, 2.05) is 18.2 Å². The Morgan fingerprint density at radius 1 is 1.04 bits per heavy atom. The second kappa shape index (κ2) is 8.33. The van der Waals surface area contributed by atoms with Gasteiger partial charge < -0.3 is 14.1 Å². The van der Waals surface area contributed by atoms with Gasteiger partial charge in [-0.2, -0.15) is 0 Å². The molecule has 2 heterocycles. The number of benzene rings is 1. The van der Waals surface area contributed by atoms with Gasteiger partial charge in [0.25, 0.3) is 5.91 Å². The molecule has 1 fully saturated rings. The second-order valence-electron chi connectivity index (χ2n) is 5.96. The van der Waals surface area contributed by atoms with Crippen molar-refractivity contribution in [2.75, 3.05) is 13.1 Å². The van der Waals surface area contributed by atoms with Gasteiger partial charge in [-0.3, -0.25) is 4.79 Å². The van der Waals surface area contributed by atoms with Crippen LogP contribution in [0.3, 0.4) is 0 Å². The highest BCUT2D eigenvalue weighted by atomic mass is 16.5. The van der Waals surface area contributed by atoms with E-state index in [1.165, 1.54) is 18.4 Å². The van der Waals surface area contributed by atoms with Crippen LogP contribution in [0, 0.1) is 0 Å². The summed E-state index contributed by atoms with van der Waals surface area (Å²) in [6, 6.07) is 12.6. The van der Waals surface area contributed by atoms with Crippen LogP contribution in [0.25, 0.3) is 6.08 Å². The number of esters is 1. The largest absolute Gasteiger partial charge is 0.465 e. The molecule has 2 aromatic rings. The average Bonchev–Trinajstić information content (AvgIpc) is 3.19. The summed E-state index contributed by atoms with van der Waals surface area (Å²) in [5.41, 5.74) is 0.679. The van der Waals surface area contributed by atoms with Crippen LogP contribution in [-0.2, 0) is 14.3 Å². The molecule has 1 aromatic heterocycles. The lowest BCUT2D eigenvalue weighted by Crippen LogP contribution is -2.40. The molecule has 1 atom stereocenters. The van der Waals surface area contributed by atoms with Gasteiger partial charge in [0, 0.05) is 24.7 Å². The molecular formula is C20H21NO4. The molecule has 130 valence electrons. The monoisotopic (exact) mass is 339 g/mol. The number of furan rings is 1. The Hall–Kier alpha value is -2.82. The molecule has 3 rings (SSSR count). The highest BCUT2D eigenvalue weighted by Gasteiger charge is 2.29. The number of rotatable bonds is 5. The first-order valence-electron chi connectivity index (χ1n) is 8.50. The highest BCUT2D eigenvalue weighted by Crippen LogP contribution is 2.23. The van der Waals surface area contributed by atoms with Gasteiger partial charge in [-0.25, -0.2) is 4.79 Å². The van der Waals surface area contributed by atoms with Crippen LogP contribution in [0.4, 0.5) is 0 Å². The van der Waals surface area contributed by atoms with Crippen molar-refractivity contribution in [2.45, 2.75) is 25.4 Å². The van der Waals surface area contributed by atoms with Crippen molar-refractivity contribution in [3.05, 3.63) is 66.1 Å². The maximum Gasteiger partial charge on any atom is 0.332 e. The molecule has 0 radical (unpaired) electrons. The molecule has 0 N–H and O–H groups in total. The minimum atomic E-state index is -0.923. The minimum absolute atomic E-state index is 0.161. The summed E-state index contributed by atoms with van der Waals surface area (Å²) >= 11 is 0. The number of piperidine rings is 1. The lowest BCUT2D eigenvalue weighted by Gasteiger charge is -2.30. The Morgan fingerprint density at radius 2 is 1.80 bits per heavy atom. The molecule has 5 heteroatoms. The molecule has 0 saturated carbocycles. The molecule has 1 aliphatic heterocycles. The third kappa shape index (κ3) is 4.59. The average molecular weight is 339 g/mol. The maximum absolute atomic E-state index is 12.9. The van der Waals surface area contributed by atoms with Gasteiger partial charge in [0.1, 0.15) is 5.76 Å². The van der Waals surface area contributed by atoms with E-state index < -0.39 is 12.1 Å². The smallest absolute Gasteiger partial charge is 0.332 e. The molecule has 0 unspecified atom stereocenters. The number of amides is 1. The molecule has 0 spiro atoms. The predicted molar refractivity (Wildman–Crippen MR) is 93.4 cm³/mol. The summed E-state index contributed by atoms with van der Waals surface area (Å²) < 4.78 is 10.6. The van der Waals surface area contributed by atoms with Crippen molar-refractivity contribution in [2.24, 2.45) is 0 Å². The van der Waals surface area contributed by atoms with Crippen LogP contribution < -0.4 is 0 Å². The molecule has 1 saturated heterocycles. The molecule has 0 aliphatic carbocycles. The first-order valence-corrected chi connectivity index (χ1v) is 8.50. The molecule has 0 bridgehead atoms. The van der Waals surface area contributed by atoms with E-state index in [1.54, 1.807) is 29.2 Å². The summed E-state index contributed by atoms with van der Waals surface area (Å²) in [5, 5.41) is 0. The zero-order valence-electron chi connectivity index (χ0n) is 14.0. The normalized spacial score (nSPS) is 15.9. The SMILES string of the molecule is O=C(/C=C/c1ccco1)O[C@@H](C(=O)N1CCCCC1)c1ccccc1. The fourth-order valence-electron chi connectivity index (χ4n) is 2.86. The van der Waals surface area contributed by atoms with Crippen molar-refractivity contribution in [1.29, 1.82) is 0 Å². The van der Waals surface area contributed by atoms with Gasteiger partial charge in [0.2, 0.25) is 6.10 Å². The molecule has 1 aromatic carbocycles. The topological polar surface area (TPSA) is 59.8 Å². The summed E-state index contributed by atoms with van der Waals surface area (Å²) in [6.07, 6.45) is 6.50. The van der Waals surface area contributed by atoms with Gasteiger partial charge >= 0.3 is 5.97 Å². The fourth-order valence-corrected chi connectivity index (χ4v) is 2.86. The highest BCUT2D eigenvalue weighted by molar-refractivity contribution is 5.90. The first kappa shape index (κ1) is 17.0. The standard InChI is InChI=1S/C20H21NO4/c22-18(12-11-17-10-7-15-24-17)25-19(16-8-3-1-4-9-16)20(23)21-13-5-2-6-14-21/h1,3-4,7-12,15,19H,2,5-6,13-14H2/b12-11+/t19-/m1/s1. The Labute approximate surface area is 146 Å². The summed E-state index contributed by atoms with van der Waals surface area (Å²) in [5.74, 6) is -0.183.